The van der Waals surface area contributed by atoms with Crippen molar-refractivity contribution < 1.29 is 13.2 Å². The van der Waals surface area contributed by atoms with E-state index in [1.54, 1.807) is 36.0 Å². The van der Waals surface area contributed by atoms with Crippen molar-refractivity contribution in [2.24, 2.45) is 0 Å². The number of nitrogens with one attached hydrogen (secondary N) is 3. The summed E-state index contributed by atoms with van der Waals surface area (Å²) >= 11 is 7.38. The first kappa shape index (κ1) is 19.3. The predicted molar refractivity (Wildman–Crippen MR) is 107 cm³/mol. The number of anilines is 2. The average molecular weight is 423 g/mol. The van der Waals surface area contributed by atoms with E-state index in [2.05, 4.69) is 20.2 Å². The molecule has 2 aromatic carbocycles. The Kier molecular flexibility index (Phi) is 5.73. The molecule has 0 atom stereocenters. The zero-order valence-corrected chi connectivity index (χ0v) is 16.5. The van der Waals surface area contributed by atoms with Crippen molar-refractivity contribution in [2.75, 3.05) is 16.3 Å². The Morgan fingerprint density at radius 2 is 1.70 bits per heavy atom. The first-order valence-electron chi connectivity index (χ1n) is 7.66. The summed E-state index contributed by atoms with van der Waals surface area (Å²) in [6, 6.07) is 13.3. The predicted octanol–water partition coefficient (Wildman–Crippen LogP) is 3.84. The maximum Gasteiger partial charge on any atom is 0.279 e. The van der Waals surface area contributed by atoms with Crippen LogP contribution in [-0.4, -0.2) is 30.8 Å². The maximum absolute atomic E-state index is 12.6. The molecule has 7 nitrogen and oxygen atoms in total. The fourth-order valence-electron chi connectivity index (χ4n) is 2.24. The number of carbonyl (C=O) groups is 1. The molecule has 1 amide bonds. The Hall–Kier alpha value is -2.49. The quantitative estimate of drug-likeness (QED) is 0.523. The fourth-order valence-corrected chi connectivity index (χ4v) is 3.93. The van der Waals surface area contributed by atoms with Gasteiger partial charge in [0, 0.05) is 21.3 Å². The largest absolute Gasteiger partial charge is 0.322 e. The lowest BCUT2D eigenvalue weighted by molar-refractivity contribution is 0.102. The zero-order chi connectivity index (χ0) is 19.4. The Balaban J connectivity index is 1.81. The summed E-state index contributed by atoms with van der Waals surface area (Å²) in [5.41, 5.74) is 0.770. The van der Waals surface area contributed by atoms with Crippen LogP contribution in [-0.2, 0) is 10.0 Å². The number of benzene rings is 2. The number of thioether (sulfide) groups is 1. The van der Waals surface area contributed by atoms with Gasteiger partial charge in [0.1, 0.15) is 0 Å². The molecule has 3 N–H and O–H groups in total. The molecule has 1 aromatic heterocycles. The highest BCUT2D eigenvalue weighted by Crippen LogP contribution is 2.21. The number of aromatic amines is 1. The SMILES string of the molecule is CSc1ccc(NC(=O)c2cn[nH]c2S(=O)(=O)Nc2ccc(Cl)cc2)cc1. The minimum atomic E-state index is -4.04. The van der Waals surface area contributed by atoms with Crippen molar-refractivity contribution in [3.8, 4) is 0 Å². The highest BCUT2D eigenvalue weighted by atomic mass is 35.5. The highest BCUT2D eigenvalue weighted by molar-refractivity contribution is 7.98. The van der Waals surface area contributed by atoms with E-state index in [0.29, 0.717) is 16.4 Å². The molecule has 1 heterocycles. The van der Waals surface area contributed by atoms with Gasteiger partial charge in [0.15, 0.2) is 5.03 Å². The maximum atomic E-state index is 12.6. The lowest BCUT2D eigenvalue weighted by atomic mass is 10.3. The number of carbonyl (C=O) groups excluding carboxylic acids is 1. The van der Waals surface area contributed by atoms with E-state index in [1.807, 2.05) is 18.4 Å². The number of hydrogen-bond acceptors (Lipinski definition) is 5. The van der Waals surface area contributed by atoms with E-state index < -0.39 is 15.9 Å². The first-order valence-corrected chi connectivity index (χ1v) is 10.7. The second-order valence-corrected chi connectivity index (χ2v) is 8.34. The molecular weight excluding hydrogens is 408 g/mol. The minimum absolute atomic E-state index is 0.0922. The monoisotopic (exact) mass is 422 g/mol. The van der Waals surface area contributed by atoms with Crippen molar-refractivity contribution >= 4 is 50.7 Å². The number of rotatable bonds is 6. The number of amides is 1. The Morgan fingerprint density at radius 3 is 2.33 bits per heavy atom. The smallest absolute Gasteiger partial charge is 0.279 e. The van der Waals surface area contributed by atoms with Crippen LogP contribution in [0.2, 0.25) is 5.02 Å². The lowest BCUT2D eigenvalue weighted by Gasteiger charge is -2.09. The van der Waals surface area contributed by atoms with Gasteiger partial charge >= 0.3 is 0 Å². The van der Waals surface area contributed by atoms with Gasteiger partial charge in [-0.3, -0.25) is 14.6 Å². The Morgan fingerprint density at radius 1 is 1.07 bits per heavy atom. The van der Waals surface area contributed by atoms with Crippen molar-refractivity contribution in [1.82, 2.24) is 10.2 Å². The molecule has 27 heavy (non-hydrogen) atoms. The molecule has 3 rings (SSSR count). The van der Waals surface area contributed by atoms with Crippen LogP contribution in [0.4, 0.5) is 11.4 Å². The summed E-state index contributed by atoms with van der Waals surface area (Å²) in [5, 5.41) is 8.89. The standard InChI is InChI=1S/C17H15ClN4O3S2/c1-26-14-8-6-12(7-9-14)20-16(23)15-10-19-21-17(15)27(24,25)22-13-4-2-11(18)3-5-13/h2-10,22H,1H3,(H,19,21)(H,20,23). The minimum Gasteiger partial charge on any atom is -0.322 e. The second-order valence-electron chi connectivity index (χ2n) is 5.41. The van der Waals surface area contributed by atoms with Crippen LogP contribution in [0.5, 0.6) is 0 Å². The third kappa shape index (κ3) is 4.62. The number of aromatic nitrogens is 2. The molecule has 10 heteroatoms. The van der Waals surface area contributed by atoms with E-state index in [1.165, 1.54) is 18.3 Å². The summed E-state index contributed by atoms with van der Waals surface area (Å²) < 4.78 is 27.6. The van der Waals surface area contributed by atoms with Gasteiger partial charge in [0.25, 0.3) is 15.9 Å². The van der Waals surface area contributed by atoms with Crippen LogP contribution < -0.4 is 10.0 Å². The molecule has 0 saturated heterocycles. The fraction of sp³-hybridized carbons (Fsp3) is 0.0588. The topological polar surface area (TPSA) is 104 Å². The summed E-state index contributed by atoms with van der Waals surface area (Å²) in [5.74, 6) is -0.586. The Bertz CT molecular complexity index is 1050. The van der Waals surface area contributed by atoms with Gasteiger partial charge in [0.05, 0.1) is 11.8 Å². The van der Waals surface area contributed by atoms with Crippen LogP contribution >= 0.6 is 23.4 Å². The van der Waals surface area contributed by atoms with Gasteiger partial charge < -0.3 is 5.32 Å². The van der Waals surface area contributed by atoms with Crippen LogP contribution in [0.15, 0.2) is 64.6 Å². The number of H-pyrrole nitrogens is 1. The molecule has 0 unspecified atom stereocenters. The summed E-state index contributed by atoms with van der Waals surface area (Å²) in [6.07, 6.45) is 3.12. The molecule has 0 aliphatic heterocycles. The van der Waals surface area contributed by atoms with Gasteiger partial charge in [-0.1, -0.05) is 11.6 Å². The van der Waals surface area contributed by atoms with Gasteiger partial charge in [-0.2, -0.15) is 13.5 Å². The van der Waals surface area contributed by atoms with Crippen molar-refractivity contribution in [1.29, 1.82) is 0 Å². The lowest BCUT2D eigenvalue weighted by Crippen LogP contribution is -2.19. The second kappa shape index (κ2) is 8.03. The van der Waals surface area contributed by atoms with E-state index in [9.17, 15) is 13.2 Å². The summed E-state index contributed by atoms with van der Waals surface area (Å²) in [4.78, 5) is 13.6. The van der Waals surface area contributed by atoms with Gasteiger partial charge in [-0.25, -0.2) is 0 Å². The number of nitrogens with zero attached hydrogens (tertiary/aromatic N) is 1. The molecule has 0 aliphatic rings. The van der Waals surface area contributed by atoms with Crippen LogP contribution in [0.3, 0.4) is 0 Å². The van der Waals surface area contributed by atoms with Crippen LogP contribution in [0.1, 0.15) is 10.4 Å². The number of sulfonamides is 1. The molecular formula is C17H15ClN4O3S2. The molecule has 0 saturated carbocycles. The van der Waals surface area contributed by atoms with E-state index in [0.717, 1.165) is 4.90 Å². The summed E-state index contributed by atoms with van der Waals surface area (Å²) in [6.45, 7) is 0. The van der Waals surface area contributed by atoms with Gasteiger partial charge in [-0.05, 0) is 54.8 Å². The normalized spacial score (nSPS) is 11.2. The molecule has 0 spiro atoms. The molecule has 3 aromatic rings. The molecule has 0 fully saturated rings. The number of halogens is 1. The molecule has 0 bridgehead atoms. The third-order valence-corrected chi connectivity index (χ3v) is 5.91. The van der Waals surface area contributed by atoms with Gasteiger partial charge in [0.2, 0.25) is 0 Å². The van der Waals surface area contributed by atoms with Crippen LogP contribution in [0.25, 0.3) is 0 Å². The molecule has 0 radical (unpaired) electrons. The third-order valence-electron chi connectivity index (χ3n) is 3.56. The van der Waals surface area contributed by atoms with Crippen molar-refractivity contribution in [2.45, 2.75) is 9.92 Å². The van der Waals surface area contributed by atoms with Crippen molar-refractivity contribution in [3.63, 3.8) is 0 Å². The zero-order valence-electron chi connectivity index (χ0n) is 14.1. The Labute approximate surface area is 165 Å². The first-order chi connectivity index (χ1) is 12.9. The van der Waals surface area contributed by atoms with E-state index in [-0.39, 0.29) is 10.6 Å². The average Bonchev–Trinajstić information content (AvgIpc) is 3.15. The van der Waals surface area contributed by atoms with Crippen LogP contribution in [0, 0.1) is 0 Å². The van der Waals surface area contributed by atoms with Crippen molar-refractivity contribution in [3.05, 3.63) is 65.3 Å². The summed E-state index contributed by atoms with van der Waals surface area (Å²) in [7, 11) is -4.04. The van der Waals surface area contributed by atoms with E-state index in [4.69, 9.17) is 11.6 Å². The van der Waals surface area contributed by atoms with Gasteiger partial charge in [-0.15, -0.1) is 11.8 Å². The number of hydrogen-bond donors (Lipinski definition) is 3. The highest BCUT2D eigenvalue weighted by Gasteiger charge is 2.25. The van der Waals surface area contributed by atoms with E-state index >= 15 is 0 Å². The molecule has 140 valence electrons. The molecule has 0 aliphatic carbocycles.